The van der Waals surface area contributed by atoms with Crippen LogP contribution in [0, 0.1) is 6.92 Å². The third-order valence-corrected chi connectivity index (χ3v) is 4.77. The van der Waals surface area contributed by atoms with Gasteiger partial charge in [0.2, 0.25) is 5.91 Å². The molecule has 2 aromatic carbocycles. The molecule has 0 fully saturated rings. The van der Waals surface area contributed by atoms with Gasteiger partial charge in [0.1, 0.15) is 11.1 Å². The molecule has 3 aromatic rings. The van der Waals surface area contributed by atoms with Gasteiger partial charge < -0.3 is 5.32 Å². The molecule has 1 aromatic heterocycles. The lowest BCUT2D eigenvalue weighted by atomic mass is 10.1. The summed E-state index contributed by atoms with van der Waals surface area (Å²) in [6, 6.07) is 23.5. The van der Waals surface area contributed by atoms with Gasteiger partial charge in [-0.15, -0.1) is 11.8 Å². The number of carbonyl (C=O) groups excluding carboxylic acids is 1. The number of pyridine rings is 1. The molecular weight excluding hydrogens is 316 g/mol. The number of anilines is 1. The van der Waals surface area contributed by atoms with Gasteiger partial charge in [0.25, 0.3) is 0 Å². The number of carbonyl (C=O) groups is 1. The Morgan fingerprint density at radius 2 is 1.62 bits per heavy atom. The first kappa shape index (κ1) is 16.3. The first-order valence-corrected chi connectivity index (χ1v) is 8.60. The van der Waals surface area contributed by atoms with Crippen LogP contribution >= 0.6 is 11.8 Å². The maximum atomic E-state index is 12.8. The van der Waals surface area contributed by atoms with Crippen molar-refractivity contribution in [1.82, 2.24) is 4.98 Å². The lowest BCUT2D eigenvalue weighted by molar-refractivity contribution is -0.115. The standard InChI is InChI=1S/C20H18N2OS/c1-15-12-13-18(21-14-15)22-20(23)19(16-8-4-2-5-9-16)24-17-10-6-3-7-11-17/h2-14,19H,1H3,(H,21,22,23)/t19-/m1/s1. The molecule has 0 aliphatic carbocycles. The minimum Gasteiger partial charge on any atom is -0.309 e. The molecule has 3 nitrogen and oxygen atoms in total. The highest BCUT2D eigenvalue weighted by Crippen LogP contribution is 2.35. The lowest BCUT2D eigenvalue weighted by Gasteiger charge is -2.17. The van der Waals surface area contributed by atoms with E-state index in [0.717, 1.165) is 16.0 Å². The average Bonchev–Trinajstić information content (AvgIpc) is 2.63. The topological polar surface area (TPSA) is 42.0 Å². The van der Waals surface area contributed by atoms with E-state index in [9.17, 15) is 4.79 Å². The van der Waals surface area contributed by atoms with E-state index in [4.69, 9.17) is 0 Å². The van der Waals surface area contributed by atoms with Crippen LogP contribution in [-0.4, -0.2) is 10.9 Å². The van der Waals surface area contributed by atoms with E-state index in [0.29, 0.717) is 5.82 Å². The van der Waals surface area contributed by atoms with Gasteiger partial charge in [0, 0.05) is 11.1 Å². The SMILES string of the molecule is Cc1ccc(NC(=O)[C@H](Sc2ccccc2)c2ccccc2)nc1. The third-order valence-electron chi connectivity index (χ3n) is 3.50. The summed E-state index contributed by atoms with van der Waals surface area (Å²) >= 11 is 1.53. The first-order valence-electron chi connectivity index (χ1n) is 7.72. The van der Waals surface area contributed by atoms with Crippen LogP contribution in [0.2, 0.25) is 0 Å². The number of aryl methyl sites for hydroxylation is 1. The van der Waals surface area contributed by atoms with Crippen LogP contribution in [0.3, 0.4) is 0 Å². The number of aromatic nitrogens is 1. The molecule has 0 aliphatic heterocycles. The fraction of sp³-hybridized carbons (Fsp3) is 0.100. The zero-order chi connectivity index (χ0) is 16.8. The second-order valence-corrected chi connectivity index (χ2v) is 6.61. The number of nitrogens with one attached hydrogen (secondary N) is 1. The molecular formula is C20H18N2OS. The molecule has 1 heterocycles. The number of hydrogen-bond donors (Lipinski definition) is 1. The van der Waals surface area contributed by atoms with Crippen LogP contribution < -0.4 is 5.32 Å². The van der Waals surface area contributed by atoms with Crippen molar-refractivity contribution in [2.45, 2.75) is 17.1 Å². The molecule has 0 saturated heterocycles. The van der Waals surface area contributed by atoms with E-state index in [2.05, 4.69) is 10.3 Å². The van der Waals surface area contributed by atoms with Gasteiger partial charge in [-0.3, -0.25) is 4.79 Å². The highest BCUT2D eigenvalue weighted by atomic mass is 32.2. The Kier molecular flexibility index (Phi) is 5.29. The largest absolute Gasteiger partial charge is 0.309 e. The summed E-state index contributed by atoms with van der Waals surface area (Å²) in [5, 5.41) is 2.58. The Hall–Kier alpha value is -2.59. The fourth-order valence-electron chi connectivity index (χ4n) is 2.27. The molecule has 1 N–H and O–H groups in total. The Balaban J connectivity index is 1.83. The number of thioether (sulfide) groups is 1. The normalized spacial score (nSPS) is 11.7. The zero-order valence-corrected chi connectivity index (χ0v) is 14.2. The van der Waals surface area contributed by atoms with E-state index in [1.807, 2.05) is 79.7 Å². The third kappa shape index (κ3) is 4.24. The molecule has 0 unspecified atom stereocenters. The van der Waals surface area contributed by atoms with Crippen LogP contribution in [0.15, 0.2) is 83.9 Å². The van der Waals surface area contributed by atoms with Gasteiger partial charge >= 0.3 is 0 Å². The Labute approximate surface area is 146 Å². The molecule has 0 saturated carbocycles. The van der Waals surface area contributed by atoms with Crippen molar-refractivity contribution in [2.24, 2.45) is 0 Å². The number of hydrogen-bond acceptors (Lipinski definition) is 3. The molecule has 4 heteroatoms. The summed E-state index contributed by atoms with van der Waals surface area (Å²) in [4.78, 5) is 18.1. The summed E-state index contributed by atoms with van der Waals surface area (Å²) in [7, 11) is 0. The number of nitrogens with zero attached hydrogens (tertiary/aromatic N) is 1. The average molecular weight is 334 g/mol. The highest BCUT2D eigenvalue weighted by molar-refractivity contribution is 8.00. The van der Waals surface area contributed by atoms with E-state index in [-0.39, 0.29) is 11.2 Å². The summed E-state index contributed by atoms with van der Waals surface area (Å²) in [6.07, 6.45) is 1.75. The van der Waals surface area contributed by atoms with E-state index < -0.39 is 0 Å². The lowest BCUT2D eigenvalue weighted by Crippen LogP contribution is -2.19. The molecule has 0 spiro atoms. The molecule has 0 bridgehead atoms. The fourth-order valence-corrected chi connectivity index (χ4v) is 3.32. The first-order chi connectivity index (χ1) is 11.7. The second-order valence-electron chi connectivity index (χ2n) is 5.43. The van der Waals surface area contributed by atoms with E-state index >= 15 is 0 Å². The Morgan fingerprint density at radius 3 is 2.25 bits per heavy atom. The number of rotatable bonds is 5. The summed E-state index contributed by atoms with van der Waals surface area (Å²) in [6.45, 7) is 1.97. The van der Waals surface area contributed by atoms with Crippen LogP contribution in [0.1, 0.15) is 16.4 Å². The van der Waals surface area contributed by atoms with Crippen molar-refractivity contribution >= 4 is 23.5 Å². The van der Waals surface area contributed by atoms with Crippen LogP contribution in [0.4, 0.5) is 5.82 Å². The van der Waals surface area contributed by atoms with E-state index in [1.165, 1.54) is 11.8 Å². The molecule has 24 heavy (non-hydrogen) atoms. The van der Waals surface area contributed by atoms with Crippen molar-refractivity contribution in [2.75, 3.05) is 5.32 Å². The van der Waals surface area contributed by atoms with Gasteiger partial charge in [0.15, 0.2) is 0 Å². The van der Waals surface area contributed by atoms with Gasteiger partial charge in [-0.2, -0.15) is 0 Å². The van der Waals surface area contributed by atoms with E-state index in [1.54, 1.807) is 6.20 Å². The van der Waals surface area contributed by atoms with Crippen molar-refractivity contribution in [1.29, 1.82) is 0 Å². The van der Waals surface area contributed by atoms with Gasteiger partial charge in [-0.25, -0.2) is 4.98 Å². The van der Waals surface area contributed by atoms with Crippen LogP contribution in [-0.2, 0) is 4.79 Å². The molecule has 120 valence electrons. The van der Waals surface area contributed by atoms with Gasteiger partial charge in [-0.1, -0.05) is 54.6 Å². The van der Waals surface area contributed by atoms with Gasteiger partial charge in [-0.05, 0) is 36.2 Å². The summed E-state index contributed by atoms with van der Waals surface area (Å²) < 4.78 is 0. The molecule has 0 radical (unpaired) electrons. The smallest absolute Gasteiger partial charge is 0.243 e. The summed E-state index contributed by atoms with van der Waals surface area (Å²) in [5.74, 6) is 0.492. The van der Waals surface area contributed by atoms with Crippen LogP contribution in [0.25, 0.3) is 0 Å². The quantitative estimate of drug-likeness (QED) is 0.677. The van der Waals surface area contributed by atoms with Crippen LogP contribution in [0.5, 0.6) is 0 Å². The van der Waals surface area contributed by atoms with Crippen molar-refractivity contribution < 1.29 is 4.79 Å². The minimum atomic E-state index is -0.336. The highest BCUT2D eigenvalue weighted by Gasteiger charge is 2.22. The molecule has 0 aliphatic rings. The minimum absolute atomic E-state index is 0.0774. The predicted molar refractivity (Wildman–Crippen MR) is 99.1 cm³/mol. The molecule has 1 atom stereocenters. The Bertz CT molecular complexity index is 789. The second kappa shape index (κ2) is 7.79. The van der Waals surface area contributed by atoms with Crippen molar-refractivity contribution in [3.05, 3.63) is 90.1 Å². The summed E-state index contributed by atoms with van der Waals surface area (Å²) in [5.41, 5.74) is 2.03. The predicted octanol–water partition coefficient (Wildman–Crippen LogP) is 4.86. The molecule has 3 rings (SSSR count). The maximum Gasteiger partial charge on any atom is 0.243 e. The number of amides is 1. The Morgan fingerprint density at radius 1 is 0.958 bits per heavy atom. The van der Waals surface area contributed by atoms with Gasteiger partial charge in [0.05, 0.1) is 0 Å². The van der Waals surface area contributed by atoms with Crippen molar-refractivity contribution in [3.8, 4) is 0 Å². The molecule has 1 amide bonds. The monoisotopic (exact) mass is 334 g/mol. The van der Waals surface area contributed by atoms with Crippen molar-refractivity contribution in [3.63, 3.8) is 0 Å². The number of benzene rings is 2. The maximum absolute atomic E-state index is 12.8. The zero-order valence-electron chi connectivity index (χ0n) is 13.3.